The lowest BCUT2D eigenvalue weighted by molar-refractivity contribution is -0.116. The Labute approximate surface area is 221 Å². The van der Waals surface area contributed by atoms with E-state index in [9.17, 15) is 9.90 Å². The number of halogens is 1. The first-order valence-electron chi connectivity index (χ1n) is 12.9. The van der Waals surface area contributed by atoms with Crippen molar-refractivity contribution in [1.82, 2.24) is 10.2 Å². The summed E-state index contributed by atoms with van der Waals surface area (Å²) in [5.74, 6) is 0.300. The number of carbonyl (C=O) groups excluding carboxylic acids is 1. The third-order valence-corrected chi connectivity index (χ3v) is 7.71. The van der Waals surface area contributed by atoms with Gasteiger partial charge in [0, 0.05) is 11.1 Å². The molecule has 1 saturated carbocycles. The Morgan fingerprint density at radius 3 is 2.73 bits per heavy atom. The smallest absolute Gasteiger partial charge is 0.274 e. The number of hydrogen-bond donors (Lipinski definition) is 2. The molecule has 2 heterocycles. The first-order chi connectivity index (χ1) is 18.1. The second kappa shape index (κ2) is 10.3. The van der Waals surface area contributed by atoms with Gasteiger partial charge in [0.1, 0.15) is 12.4 Å². The molecule has 2 fully saturated rings. The molecule has 7 nitrogen and oxygen atoms in total. The van der Waals surface area contributed by atoms with Crippen LogP contribution in [0.1, 0.15) is 48.4 Å². The molecule has 2 atom stereocenters. The van der Waals surface area contributed by atoms with Crippen molar-refractivity contribution in [2.45, 2.75) is 50.5 Å². The number of ether oxygens (including phenoxy) is 1. The highest BCUT2D eigenvalue weighted by Crippen LogP contribution is 2.36. The van der Waals surface area contributed by atoms with Crippen LogP contribution in [0.3, 0.4) is 0 Å². The molecule has 0 aromatic heterocycles. The van der Waals surface area contributed by atoms with Crippen LogP contribution in [-0.2, 0) is 16.2 Å². The maximum atomic E-state index is 13.6. The van der Waals surface area contributed by atoms with E-state index in [0.29, 0.717) is 17.4 Å². The van der Waals surface area contributed by atoms with Gasteiger partial charge in [-0.1, -0.05) is 59.2 Å². The Kier molecular flexibility index (Phi) is 6.76. The zero-order chi connectivity index (χ0) is 25.4. The number of fused-ring (bicyclic) bond motifs is 3. The number of oxime groups is 1. The fourth-order valence-electron chi connectivity index (χ4n) is 5.43. The molecule has 192 valence electrons. The van der Waals surface area contributed by atoms with Gasteiger partial charge in [-0.2, -0.15) is 0 Å². The highest BCUT2D eigenvalue weighted by atomic mass is 35.5. The lowest BCUT2D eigenvalue weighted by Gasteiger charge is -2.35. The largest absolute Gasteiger partial charge is 0.489 e. The van der Waals surface area contributed by atoms with Crippen LogP contribution in [0, 0.1) is 0 Å². The molecule has 1 aliphatic carbocycles. The molecule has 8 heteroatoms. The predicted molar refractivity (Wildman–Crippen MR) is 143 cm³/mol. The molecular weight excluding hydrogens is 490 g/mol. The number of rotatable bonds is 8. The highest BCUT2D eigenvalue weighted by Gasteiger charge is 2.34. The molecular formula is C29H30ClN3O4. The second-order valence-electron chi connectivity index (χ2n) is 9.98. The minimum absolute atomic E-state index is 0.219. The van der Waals surface area contributed by atoms with E-state index in [1.807, 2.05) is 54.6 Å². The topological polar surface area (TPSA) is 83.4 Å². The Bertz CT molecular complexity index is 1350. The SMILES string of the molecule is O=C(N[C@@H](CO)C(c1ccc(OC2CC2)c(Cl)c1)N1CCCC1)C1=NOCc2c1ccc1ccccc21. The summed E-state index contributed by atoms with van der Waals surface area (Å²) >= 11 is 6.60. The summed E-state index contributed by atoms with van der Waals surface area (Å²) < 4.78 is 5.92. The van der Waals surface area contributed by atoms with Gasteiger partial charge in [0.15, 0.2) is 5.71 Å². The van der Waals surface area contributed by atoms with E-state index >= 15 is 0 Å². The summed E-state index contributed by atoms with van der Waals surface area (Å²) in [6.45, 7) is 1.84. The quantitative estimate of drug-likeness (QED) is 0.455. The average molecular weight is 520 g/mol. The minimum atomic E-state index is -0.564. The van der Waals surface area contributed by atoms with E-state index in [1.54, 1.807) is 0 Å². The van der Waals surface area contributed by atoms with Crippen LogP contribution in [0.5, 0.6) is 5.75 Å². The Hall–Kier alpha value is -3.13. The summed E-state index contributed by atoms with van der Waals surface area (Å²) in [5, 5.41) is 20.3. The Morgan fingerprint density at radius 2 is 1.97 bits per heavy atom. The maximum absolute atomic E-state index is 13.6. The molecule has 0 radical (unpaired) electrons. The molecule has 3 aromatic rings. The molecule has 1 saturated heterocycles. The summed E-state index contributed by atoms with van der Waals surface area (Å²) in [4.78, 5) is 21.4. The van der Waals surface area contributed by atoms with Crippen molar-refractivity contribution in [2.24, 2.45) is 5.16 Å². The number of likely N-dealkylation sites (tertiary alicyclic amines) is 1. The fourth-order valence-corrected chi connectivity index (χ4v) is 5.66. The molecule has 2 N–H and O–H groups in total. The highest BCUT2D eigenvalue weighted by molar-refractivity contribution is 6.46. The van der Waals surface area contributed by atoms with Gasteiger partial charge in [0.25, 0.3) is 5.91 Å². The molecule has 1 unspecified atom stereocenters. The molecule has 2 aliphatic heterocycles. The van der Waals surface area contributed by atoms with Gasteiger partial charge in [-0.15, -0.1) is 0 Å². The van der Waals surface area contributed by atoms with Gasteiger partial charge >= 0.3 is 0 Å². The lowest BCUT2D eigenvalue weighted by Crippen LogP contribution is -2.50. The van der Waals surface area contributed by atoms with Crippen LogP contribution in [0.2, 0.25) is 5.02 Å². The van der Waals surface area contributed by atoms with Gasteiger partial charge in [0.2, 0.25) is 0 Å². The molecule has 3 aliphatic rings. The van der Waals surface area contributed by atoms with Crippen molar-refractivity contribution in [1.29, 1.82) is 0 Å². The van der Waals surface area contributed by atoms with E-state index in [-0.39, 0.29) is 30.4 Å². The van der Waals surface area contributed by atoms with Crippen molar-refractivity contribution < 1.29 is 19.5 Å². The van der Waals surface area contributed by atoms with E-state index in [1.165, 1.54) is 0 Å². The third kappa shape index (κ3) is 4.91. The number of amides is 1. The molecule has 0 spiro atoms. The summed E-state index contributed by atoms with van der Waals surface area (Å²) in [5.41, 5.74) is 2.84. The van der Waals surface area contributed by atoms with Crippen LogP contribution >= 0.6 is 11.6 Å². The fraction of sp³-hybridized carbons (Fsp3) is 0.379. The van der Waals surface area contributed by atoms with Crippen LogP contribution < -0.4 is 10.1 Å². The predicted octanol–water partition coefficient (Wildman–Crippen LogP) is 4.58. The summed E-state index contributed by atoms with van der Waals surface area (Å²) in [6.07, 6.45) is 4.50. The van der Waals surface area contributed by atoms with E-state index in [2.05, 4.69) is 15.4 Å². The monoisotopic (exact) mass is 519 g/mol. The van der Waals surface area contributed by atoms with Gasteiger partial charge in [-0.05, 0) is 67.2 Å². The number of carbonyl (C=O) groups is 1. The van der Waals surface area contributed by atoms with Crippen molar-refractivity contribution in [3.63, 3.8) is 0 Å². The number of hydrogen-bond acceptors (Lipinski definition) is 6. The van der Waals surface area contributed by atoms with Crippen molar-refractivity contribution in [2.75, 3.05) is 19.7 Å². The molecule has 0 bridgehead atoms. The third-order valence-electron chi connectivity index (χ3n) is 7.42. The standard InChI is InChI=1S/C29H30ClN3O4/c30-24-15-19(8-12-26(24)37-20-9-10-20)28(33-13-3-4-14-33)25(16-34)31-29(35)27-22-11-7-18-5-1-2-6-21(18)23(22)17-36-32-27/h1-2,5-8,11-12,15,20,25,28,34H,3-4,9-10,13-14,16-17H2,(H,31,35)/t25-,28?/m0/s1. The molecule has 6 rings (SSSR count). The molecule has 37 heavy (non-hydrogen) atoms. The van der Waals surface area contributed by atoms with Gasteiger partial charge in [0.05, 0.1) is 29.8 Å². The first kappa shape index (κ1) is 24.2. The normalized spacial score (nSPS) is 19.0. The number of aliphatic hydroxyl groups is 1. The van der Waals surface area contributed by atoms with Crippen LogP contribution in [-0.4, -0.2) is 53.5 Å². The minimum Gasteiger partial charge on any atom is -0.489 e. The van der Waals surface area contributed by atoms with Crippen molar-refractivity contribution in [3.05, 3.63) is 76.3 Å². The average Bonchev–Trinajstić information content (AvgIpc) is 3.59. The zero-order valence-electron chi connectivity index (χ0n) is 20.5. The number of benzene rings is 3. The van der Waals surface area contributed by atoms with E-state index < -0.39 is 6.04 Å². The Balaban J connectivity index is 1.28. The van der Waals surface area contributed by atoms with Crippen molar-refractivity contribution >= 4 is 34.0 Å². The number of aliphatic hydroxyl groups excluding tert-OH is 1. The van der Waals surface area contributed by atoms with E-state index in [4.69, 9.17) is 21.2 Å². The van der Waals surface area contributed by atoms with Crippen LogP contribution in [0.4, 0.5) is 0 Å². The van der Waals surface area contributed by atoms with Crippen molar-refractivity contribution in [3.8, 4) is 5.75 Å². The lowest BCUT2D eigenvalue weighted by atomic mass is 9.94. The molecule has 1 amide bonds. The first-order valence-corrected chi connectivity index (χ1v) is 13.3. The van der Waals surface area contributed by atoms with E-state index in [0.717, 1.165) is 66.2 Å². The zero-order valence-corrected chi connectivity index (χ0v) is 21.3. The summed E-state index contributed by atoms with van der Waals surface area (Å²) in [6, 6.07) is 16.9. The van der Waals surface area contributed by atoms with Crippen LogP contribution in [0.25, 0.3) is 10.8 Å². The summed E-state index contributed by atoms with van der Waals surface area (Å²) in [7, 11) is 0. The molecule has 3 aromatic carbocycles. The Morgan fingerprint density at radius 1 is 1.16 bits per heavy atom. The maximum Gasteiger partial charge on any atom is 0.274 e. The second-order valence-corrected chi connectivity index (χ2v) is 10.4. The van der Waals surface area contributed by atoms with Gasteiger partial charge in [-0.25, -0.2) is 0 Å². The van der Waals surface area contributed by atoms with Gasteiger partial charge < -0.3 is 20.0 Å². The number of nitrogens with zero attached hydrogens (tertiary/aromatic N) is 2. The van der Waals surface area contributed by atoms with Crippen LogP contribution in [0.15, 0.2) is 59.8 Å². The van der Waals surface area contributed by atoms with Gasteiger partial charge in [-0.3, -0.25) is 9.69 Å². The number of nitrogens with one attached hydrogen (secondary N) is 1.